The van der Waals surface area contributed by atoms with E-state index in [1.165, 1.54) is 19.1 Å². The molecule has 0 unspecified atom stereocenters. The van der Waals surface area contributed by atoms with Gasteiger partial charge in [0, 0.05) is 33.2 Å². The van der Waals surface area contributed by atoms with Crippen molar-refractivity contribution >= 4 is 17.6 Å². The van der Waals surface area contributed by atoms with Gasteiger partial charge in [-0.3, -0.25) is 0 Å². The predicted octanol–water partition coefficient (Wildman–Crippen LogP) is -1.66. The fourth-order valence-electron chi connectivity index (χ4n) is 2.46. The van der Waals surface area contributed by atoms with E-state index in [4.69, 9.17) is 25.8 Å². The summed E-state index contributed by atoms with van der Waals surface area (Å²) < 4.78 is 15.3. The van der Waals surface area contributed by atoms with E-state index in [1.807, 2.05) is 0 Å². The summed E-state index contributed by atoms with van der Waals surface area (Å²) in [6.07, 6.45) is -4.65. The molecular weight excluding hydrogens is 332 g/mol. The number of urea groups is 1. The lowest BCUT2D eigenvalue weighted by molar-refractivity contribution is -0.280. The summed E-state index contributed by atoms with van der Waals surface area (Å²) >= 11 is 5.56. The molecular formula is C13H25ClN2O7. The molecule has 0 radical (unpaired) electrons. The second-order valence-electron chi connectivity index (χ2n) is 5.04. The van der Waals surface area contributed by atoms with Crippen LogP contribution in [-0.2, 0) is 14.2 Å². The number of alkyl halides is 1. The van der Waals surface area contributed by atoms with Gasteiger partial charge in [0.1, 0.15) is 18.3 Å². The number of nitrogens with zero attached hydrogens (tertiary/aromatic N) is 1. The van der Waals surface area contributed by atoms with E-state index in [0.717, 1.165) is 0 Å². The van der Waals surface area contributed by atoms with Gasteiger partial charge in [-0.1, -0.05) is 0 Å². The van der Waals surface area contributed by atoms with Crippen molar-refractivity contribution in [2.24, 2.45) is 0 Å². The summed E-state index contributed by atoms with van der Waals surface area (Å²) in [5.74, 6) is 0.225. The van der Waals surface area contributed by atoms with Crippen LogP contribution in [0.3, 0.4) is 0 Å². The van der Waals surface area contributed by atoms with E-state index >= 15 is 0 Å². The van der Waals surface area contributed by atoms with Crippen molar-refractivity contribution in [3.63, 3.8) is 0 Å². The van der Waals surface area contributed by atoms with Gasteiger partial charge in [-0.15, -0.1) is 11.6 Å². The lowest BCUT2D eigenvalue weighted by atomic mass is 9.94. The van der Waals surface area contributed by atoms with E-state index in [2.05, 4.69) is 5.32 Å². The third kappa shape index (κ3) is 5.15. The first kappa shape index (κ1) is 20.4. The number of ether oxygens (including phenoxy) is 3. The fourth-order valence-corrected chi connectivity index (χ4v) is 2.56. The monoisotopic (exact) mass is 356 g/mol. The van der Waals surface area contributed by atoms with Crippen molar-refractivity contribution in [3.05, 3.63) is 0 Å². The zero-order valence-corrected chi connectivity index (χ0v) is 14.0. The number of rotatable bonds is 8. The molecule has 0 aromatic heterocycles. The van der Waals surface area contributed by atoms with Crippen molar-refractivity contribution < 1.29 is 34.3 Å². The molecule has 1 aliphatic heterocycles. The third-order valence-corrected chi connectivity index (χ3v) is 3.80. The van der Waals surface area contributed by atoms with Gasteiger partial charge in [0.15, 0.2) is 6.29 Å². The van der Waals surface area contributed by atoms with Gasteiger partial charge >= 0.3 is 6.03 Å². The molecule has 1 heterocycles. The Labute approximate surface area is 140 Å². The maximum atomic E-state index is 12.3. The molecule has 0 saturated carbocycles. The molecule has 136 valence electrons. The molecule has 1 saturated heterocycles. The molecule has 10 heteroatoms. The molecule has 0 bridgehead atoms. The minimum Gasteiger partial charge on any atom is -0.394 e. The van der Waals surface area contributed by atoms with Crippen LogP contribution in [0.1, 0.15) is 0 Å². The van der Waals surface area contributed by atoms with Crippen LogP contribution in [0.2, 0.25) is 0 Å². The molecule has 5 atom stereocenters. The normalized spacial score (nSPS) is 31.0. The van der Waals surface area contributed by atoms with Gasteiger partial charge in [0.25, 0.3) is 0 Å². The first-order valence-corrected chi connectivity index (χ1v) is 7.79. The Balaban J connectivity index is 2.99. The number of methoxy groups -OCH3 is 2. The Bertz CT molecular complexity index is 347. The second-order valence-corrected chi connectivity index (χ2v) is 5.42. The third-order valence-electron chi connectivity index (χ3n) is 3.61. The van der Waals surface area contributed by atoms with Crippen molar-refractivity contribution in [2.45, 2.75) is 30.6 Å². The van der Waals surface area contributed by atoms with Crippen LogP contribution in [-0.4, -0.2) is 103 Å². The van der Waals surface area contributed by atoms with E-state index in [0.29, 0.717) is 0 Å². The van der Waals surface area contributed by atoms with Crippen LogP contribution in [0.5, 0.6) is 0 Å². The van der Waals surface area contributed by atoms with Crippen LogP contribution < -0.4 is 5.32 Å². The van der Waals surface area contributed by atoms with E-state index in [1.54, 1.807) is 0 Å². The van der Waals surface area contributed by atoms with Crippen LogP contribution in [0, 0.1) is 0 Å². The quantitative estimate of drug-likeness (QED) is 0.384. The molecule has 0 aliphatic carbocycles. The first-order valence-electron chi connectivity index (χ1n) is 7.26. The molecule has 0 aromatic rings. The van der Waals surface area contributed by atoms with Gasteiger partial charge < -0.3 is 39.7 Å². The number of carbonyl (C=O) groups is 1. The van der Waals surface area contributed by atoms with Crippen molar-refractivity contribution in [3.8, 4) is 0 Å². The van der Waals surface area contributed by atoms with Gasteiger partial charge in [-0.25, -0.2) is 4.79 Å². The number of aliphatic hydroxyl groups excluding tert-OH is 3. The van der Waals surface area contributed by atoms with Gasteiger partial charge in [0.05, 0.1) is 19.3 Å². The maximum Gasteiger partial charge on any atom is 0.317 e. The van der Waals surface area contributed by atoms with Crippen LogP contribution in [0.25, 0.3) is 0 Å². The highest BCUT2D eigenvalue weighted by atomic mass is 35.5. The van der Waals surface area contributed by atoms with Crippen LogP contribution in [0.15, 0.2) is 0 Å². The maximum absolute atomic E-state index is 12.3. The summed E-state index contributed by atoms with van der Waals surface area (Å²) in [5, 5.41) is 32.7. The Kier molecular flexibility index (Phi) is 9.07. The average Bonchev–Trinajstić information content (AvgIpc) is 2.55. The summed E-state index contributed by atoms with van der Waals surface area (Å²) in [6.45, 7) is 0.0760. The van der Waals surface area contributed by atoms with Gasteiger partial charge in [0.2, 0.25) is 0 Å². The fraction of sp³-hybridized carbons (Fsp3) is 0.923. The Morgan fingerprint density at radius 1 is 1.35 bits per heavy atom. The highest BCUT2D eigenvalue weighted by Gasteiger charge is 2.48. The summed E-state index contributed by atoms with van der Waals surface area (Å²) in [7, 11) is 2.80. The minimum atomic E-state index is -1.29. The summed E-state index contributed by atoms with van der Waals surface area (Å²) in [6, 6.07) is -1.55. The number of halogens is 1. The zero-order valence-electron chi connectivity index (χ0n) is 13.2. The molecule has 1 rings (SSSR count). The van der Waals surface area contributed by atoms with E-state index in [9.17, 15) is 20.1 Å². The second kappa shape index (κ2) is 10.2. The lowest BCUT2D eigenvalue weighted by Crippen LogP contribution is -2.67. The molecule has 1 fully saturated rings. The van der Waals surface area contributed by atoms with Crippen LogP contribution in [0.4, 0.5) is 4.79 Å². The summed E-state index contributed by atoms with van der Waals surface area (Å²) in [5.41, 5.74) is 0. The van der Waals surface area contributed by atoms with Gasteiger partial charge in [-0.05, 0) is 0 Å². The SMILES string of the molecule is COCCN(C(=O)NCCCl)[C@H]1[C@@H](O)[C@@H](OC)O[C@H](CO)[C@H]1O. The highest BCUT2D eigenvalue weighted by molar-refractivity contribution is 6.18. The number of aliphatic hydroxyl groups is 3. The molecule has 9 nitrogen and oxygen atoms in total. The number of nitrogens with one attached hydrogen (secondary N) is 1. The first-order chi connectivity index (χ1) is 11.0. The van der Waals surface area contributed by atoms with Gasteiger partial charge in [-0.2, -0.15) is 0 Å². The predicted molar refractivity (Wildman–Crippen MR) is 81.3 cm³/mol. The van der Waals surface area contributed by atoms with Crippen molar-refractivity contribution in [2.75, 3.05) is 46.4 Å². The Hall–Kier alpha value is -0.680. The van der Waals surface area contributed by atoms with E-state index in [-0.39, 0.29) is 25.6 Å². The molecule has 0 aromatic carbocycles. The molecule has 23 heavy (non-hydrogen) atoms. The zero-order chi connectivity index (χ0) is 17.4. The van der Waals surface area contributed by atoms with Crippen LogP contribution >= 0.6 is 11.6 Å². The molecule has 0 spiro atoms. The molecule has 1 aliphatic rings. The van der Waals surface area contributed by atoms with Crippen molar-refractivity contribution in [1.82, 2.24) is 10.2 Å². The Morgan fingerprint density at radius 2 is 2.04 bits per heavy atom. The summed E-state index contributed by atoms with van der Waals surface area (Å²) in [4.78, 5) is 13.6. The standard InChI is InChI=1S/C13H25ClN2O7/c1-21-6-5-16(13(20)15-4-3-14)9-10(18)8(7-17)23-12(22-2)11(9)19/h8-12,17-19H,3-7H2,1-2H3,(H,15,20)/t8-,9-,10-,11-,12+/m1/s1. The number of hydrogen-bond acceptors (Lipinski definition) is 7. The molecule has 4 N–H and O–H groups in total. The van der Waals surface area contributed by atoms with E-state index < -0.39 is 43.3 Å². The topological polar surface area (TPSA) is 121 Å². The average molecular weight is 357 g/mol. The van der Waals surface area contributed by atoms with Crippen molar-refractivity contribution in [1.29, 1.82) is 0 Å². The Morgan fingerprint density at radius 3 is 2.57 bits per heavy atom. The smallest absolute Gasteiger partial charge is 0.317 e. The largest absolute Gasteiger partial charge is 0.394 e. The number of carbonyl (C=O) groups excluding carboxylic acids is 1. The highest BCUT2D eigenvalue weighted by Crippen LogP contribution is 2.25. The molecule has 2 amide bonds. The number of hydrogen-bond donors (Lipinski definition) is 4. The minimum absolute atomic E-state index is 0.123. The number of amides is 2. The lowest BCUT2D eigenvalue weighted by Gasteiger charge is -2.46.